The number of nitro benzene ring substituents is 2. The second kappa shape index (κ2) is 7.73. The highest BCUT2D eigenvalue weighted by Crippen LogP contribution is 2.23. The van der Waals surface area contributed by atoms with Crippen molar-refractivity contribution in [1.82, 2.24) is 0 Å². The number of esters is 1. The first-order valence-electron chi connectivity index (χ1n) is 6.21. The molecule has 0 atom stereocenters. The number of carbonyl (C=O) groups is 1. The summed E-state index contributed by atoms with van der Waals surface area (Å²) in [5.74, 6) is -0.827. The largest absolute Gasteiger partial charge is 0.462 e. The van der Waals surface area contributed by atoms with E-state index in [9.17, 15) is 25.0 Å². The SMILES string of the molecule is CC/C=C\CCOC(=O)c1cc([N+](=O)[O-])cc([N+](=O)[O-])c1. The van der Waals surface area contributed by atoms with E-state index in [1.54, 1.807) is 0 Å². The number of ether oxygens (including phenoxy) is 1. The minimum absolute atomic E-state index is 0.103. The lowest BCUT2D eigenvalue weighted by molar-refractivity contribution is -0.394. The van der Waals surface area contributed by atoms with Crippen LogP contribution in [0.5, 0.6) is 0 Å². The van der Waals surface area contributed by atoms with Crippen molar-refractivity contribution in [3.63, 3.8) is 0 Å². The molecule has 8 heteroatoms. The van der Waals surface area contributed by atoms with Gasteiger partial charge in [-0.05, 0) is 12.8 Å². The van der Waals surface area contributed by atoms with Crippen LogP contribution in [0.4, 0.5) is 11.4 Å². The van der Waals surface area contributed by atoms with Crippen molar-refractivity contribution in [2.75, 3.05) is 6.61 Å². The molecule has 0 amide bonds. The van der Waals surface area contributed by atoms with Crippen LogP contribution in [0.2, 0.25) is 0 Å². The van der Waals surface area contributed by atoms with E-state index in [0.717, 1.165) is 24.6 Å². The first kappa shape index (κ1) is 16.3. The Bertz CT molecular complexity index is 550. The third-order valence-electron chi connectivity index (χ3n) is 2.48. The van der Waals surface area contributed by atoms with Crippen molar-refractivity contribution in [3.8, 4) is 0 Å². The average Bonchev–Trinajstić information content (AvgIpc) is 2.46. The highest BCUT2D eigenvalue weighted by atomic mass is 16.6. The average molecular weight is 294 g/mol. The zero-order chi connectivity index (χ0) is 15.8. The summed E-state index contributed by atoms with van der Waals surface area (Å²) in [6, 6.07) is 2.70. The van der Waals surface area contributed by atoms with Crippen molar-refractivity contribution in [1.29, 1.82) is 0 Å². The van der Waals surface area contributed by atoms with Crippen LogP contribution in [-0.4, -0.2) is 22.4 Å². The molecule has 0 unspecified atom stereocenters. The molecule has 0 radical (unpaired) electrons. The van der Waals surface area contributed by atoms with E-state index in [4.69, 9.17) is 4.74 Å². The van der Waals surface area contributed by atoms with Crippen LogP contribution in [-0.2, 0) is 4.74 Å². The Labute approximate surface area is 120 Å². The van der Waals surface area contributed by atoms with Gasteiger partial charge >= 0.3 is 5.97 Å². The van der Waals surface area contributed by atoms with Gasteiger partial charge in [0.1, 0.15) is 0 Å². The molecule has 0 aliphatic heterocycles. The quantitative estimate of drug-likeness (QED) is 0.251. The molecule has 0 saturated carbocycles. The predicted molar refractivity (Wildman–Crippen MR) is 74.1 cm³/mol. The van der Waals surface area contributed by atoms with Gasteiger partial charge in [-0.1, -0.05) is 19.1 Å². The van der Waals surface area contributed by atoms with Gasteiger partial charge in [0.2, 0.25) is 0 Å². The number of allylic oxidation sites excluding steroid dienone is 1. The van der Waals surface area contributed by atoms with Crippen LogP contribution < -0.4 is 0 Å². The summed E-state index contributed by atoms with van der Waals surface area (Å²) >= 11 is 0. The van der Waals surface area contributed by atoms with Crippen molar-refractivity contribution >= 4 is 17.3 Å². The fourth-order valence-corrected chi connectivity index (χ4v) is 1.51. The molecule has 1 rings (SSSR count). The van der Waals surface area contributed by atoms with Crippen LogP contribution in [0.3, 0.4) is 0 Å². The maximum absolute atomic E-state index is 11.7. The summed E-state index contributed by atoms with van der Waals surface area (Å²) in [4.78, 5) is 31.5. The Morgan fingerprint density at radius 1 is 1.14 bits per heavy atom. The van der Waals surface area contributed by atoms with E-state index < -0.39 is 27.2 Å². The van der Waals surface area contributed by atoms with Gasteiger partial charge in [-0.15, -0.1) is 0 Å². The number of nitrogens with zero attached hydrogens (tertiary/aromatic N) is 2. The Balaban J connectivity index is 2.85. The van der Waals surface area contributed by atoms with Gasteiger partial charge in [-0.3, -0.25) is 20.2 Å². The zero-order valence-corrected chi connectivity index (χ0v) is 11.4. The minimum Gasteiger partial charge on any atom is -0.462 e. The lowest BCUT2D eigenvalue weighted by Gasteiger charge is -2.03. The van der Waals surface area contributed by atoms with Crippen LogP contribution >= 0.6 is 0 Å². The number of non-ortho nitro benzene ring substituents is 2. The number of nitro groups is 2. The Kier molecular flexibility index (Phi) is 5.99. The number of rotatable bonds is 7. The molecule has 1 aromatic rings. The summed E-state index contributed by atoms with van der Waals surface area (Å²) in [6.45, 7) is 2.07. The van der Waals surface area contributed by atoms with Gasteiger partial charge in [0.25, 0.3) is 11.4 Å². The predicted octanol–water partition coefficient (Wildman–Crippen LogP) is 3.02. The molecule has 8 nitrogen and oxygen atoms in total. The monoisotopic (exact) mass is 294 g/mol. The van der Waals surface area contributed by atoms with Crippen molar-refractivity contribution in [3.05, 3.63) is 56.1 Å². The first-order valence-corrected chi connectivity index (χ1v) is 6.21. The highest BCUT2D eigenvalue weighted by Gasteiger charge is 2.20. The lowest BCUT2D eigenvalue weighted by atomic mass is 10.2. The molecule has 0 aromatic heterocycles. The van der Waals surface area contributed by atoms with Crippen LogP contribution in [0.25, 0.3) is 0 Å². The summed E-state index contributed by atoms with van der Waals surface area (Å²) in [5.41, 5.74) is -1.26. The Morgan fingerprint density at radius 3 is 2.19 bits per heavy atom. The van der Waals surface area contributed by atoms with E-state index in [-0.39, 0.29) is 12.2 Å². The maximum Gasteiger partial charge on any atom is 0.338 e. The topological polar surface area (TPSA) is 113 Å². The van der Waals surface area contributed by atoms with Gasteiger partial charge in [-0.2, -0.15) is 0 Å². The molecular weight excluding hydrogens is 280 g/mol. The molecule has 1 aromatic carbocycles. The van der Waals surface area contributed by atoms with E-state index in [1.165, 1.54) is 0 Å². The molecule has 0 N–H and O–H groups in total. The molecule has 0 heterocycles. The Hall–Kier alpha value is -2.77. The van der Waals surface area contributed by atoms with Crippen molar-refractivity contribution in [2.24, 2.45) is 0 Å². The molecule has 0 aliphatic carbocycles. The van der Waals surface area contributed by atoms with Crippen LogP contribution in [0.1, 0.15) is 30.1 Å². The van der Waals surface area contributed by atoms with Crippen molar-refractivity contribution in [2.45, 2.75) is 19.8 Å². The van der Waals surface area contributed by atoms with E-state index in [1.807, 2.05) is 19.1 Å². The molecule has 0 spiro atoms. The number of benzene rings is 1. The summed E-state index contributed by atoms with van der Waals surface area (Å²) in [7, 11) is 0. The zero-order valence-electron chi connectivity index (χ0n) is 11.4. The lowest BCUT2D eigenvalue weighted by Crippen LogP contribution is -2.07. The smallest absolute Gasteiger partial charge is 0.338 e. The van der Waals surface area contributed by atoms with Gasteiger partial charge in [-0.25, -0.2) is 4.79 Å². The fourth-order valence-electron chi connectivity index (χ4n) is 1.51. The second-order valence-corrected chi connectivity index (χ2v) is 4.06. The summed E-state index contributed by atoms with van der Waals surface area (Å²) in [5, 5.41) is 21.4. The third kappa shape index (κ3) is 5.01. The molecule has 21 heavy (non-hydrogen) atoms. The number of hydrogen-bond acceptors (Lipinski definition) is 6. The minimum atomic E-state index is -0.827. The molecule has 0 fully saturated rings. The first-order chi connectivity index (χ1) is 9.95. The fraction of sp³-hybridized carbons (Fsp3) is 0.308. The number of carbonyl (C=O) groups excluding carboxylic acids is 1. The molecular formula is C13H14N2O6. The second-order valence-electron chi connectivity index (χ2n) is 4.06. The van der Waals surface area contributed by atoms with Crippen LogP contribution in [0, 0.1) is 20.2 Å². The van der Waals surface area contributed by atoms with Gasteiger partial charge in [0.15, 0.2) is 0 Å². The molecule has 0 saturated heterocycles. The summed E-state index contributed by atoms with van der Waals surface area (Å²) < 4.78 is 4.91. The van der Waals surface area contributed by atoms with Crippen molar-refractivity contribution < 1.29 is 19.4 Å². The Morgan fingerprint density at radius 2 is 1.71 bits per heavy atom. The normalized spacial score (nSPS) is 10.5. The van der Waals surface area contributed by atoms with Gasteiger partial charge in [0.05, 0.1) is 28.1 Å². The standard InChI is InChI=1S/C13H14N2O6/c1-2-3-4-5-6-21-13(16)10-7-11(14(17)18)9-12(8-10)15(19)20/h3-4,7-9H,2,5-6H2,1H3/b4-3-. The number of hydrogen-bond donors (Lipinski definition) is 0. The van der Waals surface area contributed by atoms with E-state index in [2.05, 4.69) is 0 Å². The van der Waals surface area contributed by atoms with Crippen LogP contribution in [0.15, 0.2) is 30.4 Å². The van der Waals surface area contributed by atoms with Gasteiger partial charge in [0, 0.05) is 12.1 Å². The molecule has 0 bridgehead atoms. The molecule has 0 aliphatic rings. The van der Waals surface area contributed by atoms with E-state index >= 15 is 0 Å². The van der Waals surface area contributed by atoms with Gasteiger partial charge < -0.3 is 4.74 Å². The highest BCUT2D eigenvalue weighted by molar-refractivity contribution is 5.91. The van der Waals surface area contributed by atoms with E-state index in [0.29, 0.717) is 6.42 Å². The summed E-state index contributed by atoms with van der Waals surface area (Å²) in [6.07, 6.45) is 5.12. The third-order valence-corrected chi connectivity index (χ3v) is 2.48. The maximum atomic E-state index is 11.7. The molecule has 112 valence electrons.